The lowest BCUT2D eigenvalue weighted by Gasteiger charge is -2.09. The molecule has 0 aliphatic heterocycles. The Kier molecular flexibility index (Phi) is 4.33. The first-order valence-corrected chi connectivity index (χ1v) is 6.93. The van der Waals surface area contributed by atoms with Crippen molar-refractivity contribution in [3.05, 3.63) is 70.5 Å². The number of ketones is 1. The number of rotatable bonds is 4. The van der Waals surface area contributed by atoms with Crippen molar-refractivity contribution in [2.24, 2.45) is 0 Å². The predicted molar refractivity (Wildman–Crippen MR) is 79.7 cm³/mol. The zero-order chi connectivity index (χ0) is 14.7. The Morgan fingerprint density at radius 2 is 1.75 bits per heavy atom. The highest BCUT2D eigenvalue weighted by Gasteiger charge is 2.11. The van der Waals surface area contributed by atoms with Gasteiger partial charge in [0.1, 0.15) is 5.82 Å². The van der Waals surface area contributed by atoms with E-state index in [1.54, 1.807) is 13.0 Å². The molecular formula is C18H19FO. The summed E-state index contributed by atoms with van der Waals surface area (Å²) in [5.74, 6) is -0.0246. The molecule has 0 heterocycles. The van der Waals surface area contributed by atoms with Crippen LogP contribution in [-0.2, 0) is 0 Å². The van der Waals surface area contributed by atoms with E-state index in [1.807, 2.05) is 24.3 Å². The maximum atomic E-state index is 13.4. The number of benzene rings is 2. The highest BCUT2D eigenvalue weighted by molar-refractivity contribution is 6.09. The van der Waals surface area contributed by atoms with Crippen LogP contribution >= 0.6 is 0 Å². The number of hydrogen-bond donors (Lipinski definition) is 0. The molecule has 0 N–H and O–H groups in total. The van der Waals surface area contributed by atoms with Crippen LogP contribution in [-0.4, -0.2) is 5.78 Å². The third-order valence-corrected chi connectivity index (χ3v) is 3.66. The first kappa shape index (κ1) is 14.4. The van der Waals surface area contributed by atoms with Crippen molar-refractivity contribution in [1.29, 1.82) is 0 Å². The summed E-state index contributed by atoms with van der Waals surface area (Å²) in [5, 5.41) is 0. The van der Waals surface area contributed by atoms with Gasteiger partial charge in [0, 0.05) is 11.1 Å². The Morgan fingerprint density at radius 1 is 1.10 bits per heavy atom. The van der Waals surface area contributed by atoms with Gasteiger partial charge in [-0.05, 0) is 48.6 Å². The molecule has 0 fully saturated rings. The van der Waals surface area contributed by atoms with E-state index < -0.39 is 0 Å². The van der Waals surface area contributed by atoms with Crippen LogP contribution in [0.4, 0.5) is 4.39 Å². The van der Waals surface area contributed by atoms with Crippen LogP contribution < -0.4 is 0 Å². The van der Waals surface area contributed by atoms with Gasteiger partial charge in [0.05, 0.1) is 0 Å². The van der Waals surface area contributed by atoms with Crippen molar-refractivity contribution in [2.75, 3.05) is 0 Å². The molecule has 0 aromatic heterocycles. The summed E-state index contributed by atoms with van der Waals surface area (Å²) in [7, 11) is 0. The molecule has 0 spiro atoms. The molecule has 1 atom stereocenters. The van der Waals surface area contributed by atoms with Gasteiger partial charge in [-0.15, -0.1) is 0 Å². The van der Waals surface area contributed by atoms with Crippen LogP contribution in [0.2, 0.25) is 0 Å². The van der Waals surface area contributed by atoms with Crippen LogP contribution in [0.3, 0.4) is 0 Å². The van der Waals surface area contributed by atoms with E-state index in [0.29, 0.717) is 17.0 Å². The fourth-order valence-corrected chi connectivity index (χ4v) is 2.23. The van der Waals surface area contributed by atoms with E-state index in [4.69, 9.17) is 0 Å². The highest BCUT2D eigenvalue weighted by atomic mass is 19.1. The molecule has 0 saturated heterocycles. The molecule has 2 rings (SSSR count). The lowest BCUT2D eigenvalue weighted by molar-refractivity contribution is 0.103. The number of aryl methyl sites for hydroxylation is 1. The third kappa shape index (κ3) is 3.13. The normalized spacial score (nSPS) is 12.2. The van der Waals surface area contributed by atoms with Crippen LogP contribution in [0.5, 0.6) is 0 Å². The molecule has 2 aromatic rings. The van der Waals surface area contributed by atoms with Crippen molar-refractivity contribution < 1.29 is 9.18 Å². The van der Waals surface area contributed by atoms with Gasteiger partial charge in [0.25, 0.3) is 0 Å². The van der Waals surface area contributed by atoms with Gasteiger partial charge in [0.15, 0.2) is 5.78 Å². The molecule has 104 valence electrons. The average molecular weight is 270 g/mol. The predicted octanol–water partition coefficient (Wildman–Crippen LogP) is 4.88. The van der Waals surface area contributed by atoms with Gasteiger partial charge in [-0.2, -0.15) is 0 Å². The lowest BCUT2D eigenvalue weighted by atomic mass is 9.95. The largest absolute Gasteiger partial charge is 0.289 e. The summed E-state index contributed by atoms with van der Waals surface area (Å²) in [6.07, 6.45) is 1.07. The maximum absolute atomic E-state index is 13.4. The quantitative estimate of drug-likeness (QED) is 0.724. The van der Waals surface area contributed by atoms with Crippen molar-refractivity contribution in [3.63, 3.8) is 0 Å². The Morgan fingerprint density at radius 3 is 2.30 bits per heavy atom. The zero-order valence-corrected chi connectivity index (χ0v) is 12.1. The van der Waals surface area contributed by atoms with Crippen molar-refractivity contribution >= 4 is 5.78 Å². The summed E-state index contributed by atoms with van der Waals surface area (Å²) in [6, 6.07) is 12.0. The second-order valence-electron chi connectivity index (χ2n) is 5.28. The highest BCUT2D eigenvalue weighted by Crippen LogP contribution is 2.20. The van der Waals surface area contributed by atoms with Gasteiger partial charge in [-0.25, -0.2) is 4.39 Å². The van der Waals surface area contributed by atoms with Crippen LogP contribution in [0.1, 0.15) is 53.2 Å². The molecule has 0 amide bonds. The zero-order valence-electron chi connectivity index (χ0n) is 12.1. The van der Waals surface area contributed by atoms with Crippen LogP contribution in [0.15, 0.2) is 42.5 Å². The third-order valence-electron chi connectivity index (χ3n) is 3.66. The van der Waals surface area contributed by atoms with E-state index in [-0.39, 0.29) is 11.6 Å². The Balaban J connectivity index is 2.29. The van der Waals surface area contributed by atoms with Crippen molar-refractivity contribution in [3.8, 4) is 0 Å². The van der Waals surface area contributed by atoms with E-state index in [1.165, 1.54) is 17.7 Å². The maximum Gasteiger partial charge on any atom is 0.193 e. The SMILES string of the molecule is CCC(C)c1ccc(C(=O)c2cc(C)cc(F)c2)cc1. The molecule has 0 aliphatic rings. The standard InChI is InChI=1S/C18H19FO/c1-4-13(3)14-5-7-15(8-6-14)18(20)16-9-12(2)10-17(19)11-16/h5-11,13H,4H2,1-3H3. The summed E-state index contributed by atoms with van der Waals surface area (Å²) in [4.78, 5) is 12.3. The molecule has 2 heteroatoms. The first-order valence-electron chi connectivity index (χ1n) is 6.93. The van der Waals surface area contributed by atoms with Gasteiger partial charge in [-0.1, -0.05) is 38.1 Å². The van der Waals surface area contributed by atoms with Gasteiger partial charge < -0.3 is 0 Å². The van der Waals surface area contributed by atoms with Gasteiger partial charge in [-0.3, -0.25) is 4.79 Å². The number of carbonyl (C=O) groups excluding carboxylic acids is 1. The minimum Gasteiger partial charge on any atom is -0.289 e. The van der Waals surface area contributed by atoms with Gasteiger partial charge in [0.2, 0.25) is 0 Å². The fourth-order valence-electron chi connectivity index (χ4n) is 2.23. The molecule has 0 radical (unpaired) electrons. The Bertz CT molecular complexity index is 594. The Hall–Kier alpha value is -1.96. The van der Waals surface area contributed by atoms with E-state index >= 15 is 0 Å². The number of halogens is 1. The van der Waals surface area contributed by atoms with Crippen LogP contribution in [0, 0.1) is 12.7 Å². The number of hydrogen-bond acceptors (Lipinski definition) is 1. The van der Waals surface area contributed by atoms with Gasteiger partial charge >= 0.3 is 0 Å². The second kappa shape index (κ2) is 6.00. The summed E-state index contributed by atoms with van der Waals surface area (Å²) in [6.45, 7) is 6.08. The fraction of sp³-hybridized carbons (Fsp3) is 0.278. The molecule has 0 bridgehead atoms. The minimum atomic E-state index is -0.371. The van der Waals surface area contributed by atoms with Crippen molar-refractivity contribution in [2.45, 2.75) is 33.1 Å². The molecule has 2 aromatic carbocycles. The second-order valence-corrected chi connectivity index (χ2v) is 5.28. The topological polar surface area (TPSA) is 17.1 Å². The molecular weight excluding hydrogens is 251 g/mol. The van der Waals surface area contributed by atoms with E-state index in [2.05, 4.69) is 13.8 Å². The summed E-state index contributed by atoms with van der Waals surface area (Å²) < 4.78 is 13.4. The van der Waals surface area contributed by atoms with E-state index in [9.17, 15) is 9.18 Å². The molecule has 1 nitrogen and oxygen atoms in total. The minimum absolute atomic E-state index is 0.136. The first-order chi connectivity index (χ1) is 9.51. The lowest BCUT2D eigenvalue weighted by Crippen LogP contribution is -2.03. The van der Waals surface area contributed by atoms with E-state index in [0.717, 1.165) is 12.0 Å². The molecule has 20 heavy (non-hydrogen) atoms. The smallest absolute Gasteiger partial charge is 0.193 e. The molecule has 1 unspecified atom stereocenters. The monoisotopic (exact) mass is 270 g/mol. The Labute approximate surface area is 119 Å². The summed E-state index contributed by atoms with van der Waals surface area (Å²) >= 11 is 0. The van der Waals surface area contributed by atoms with Crippen LogP contribution in [0.25, 0.3) is 0 Å². The molecule has 0 aliphatic carbocycles. The number of carbonyl (C=O) groups is 1. The summed E-state index contributed by atoms with van der Waals surface area (Å²) in [5.41, 5.74) is 2.98. The average Bonchev–Trinajstić information content (AvgIpc) is 2.45. The van der Waals surface area contributed by atoms with Crippen molar-refractivity contribution in [1.82, 2.24) is 0 Å². The molecule has 0 saturated carbocycles.